The van der Waals surface area contributed by atoms with E-state index in [0.29, 0.717) is 16.7 Å². The Morgan fingerprint density at radius 3 is 2.47 bits per heavy atom. The third-order valence-corrected chi connectivity index (χ3v) is 3.52. The summed E-state index contributed by atoms with van der Waals surface area (Å²) in [6.07, 6.45) is 0. The first-order chi connectivity index (χ1) is 9.16. The summed E-state index contributed by atoms with van der Waals surface area (Å²) in [5, 5.41) is 1.11. The molecular formula is C15H15Cl2NO. The van der Waals surface area contributed by atoms with Gasteiger partial charge in [0.1, 0.15) is 0 Å². The Bertz CT molecular complexity index is 531. The molecule has 0 aliphatic carbocycles. The molecule has 0 heterocycles. The summed E-state index contributed by atoms with van der Waals surface area (Å²) in [5.74, 6) is 0. The van der Waals surface area contributed by atoms with E-state index in [-0.39, 0.29) is 6.04 Å². The smallest absolute Gasteiger partial charge is 0.0933 e. The van der Waals surface area contributed by atoms with Crippen LogP contribution >= 0.6 is 23.2 Å². The van der Waals surface area contributed by atoms with E-state index in [4.69, 9.17) is 28.0 Å². The molecule has 0 saturated carbocycles. The lowest BCUT2D eigenvalue weighted by molar-refractivity contribution is 0.00698. The minimum absolute atomic E-state index is 0.0403. The number of hydrogen-bond donors (Lipinski definition) is 1. The predicted octanol–water partition coefficient (Wildman–Crippen LogP) is 4.78. The third kappa shape index (κ3) is 4.22. The van der Waals surface area contributed by atoms with Crippen molar-refractivity contribution in [3.05, 3.63) is 69.7 Å². The SMILES string of the molecule is CC(NOCc1ccccc1)c1ccc(Cl)c(Cl)c1. The lowest BCUT2D eigenvalue weighted by Crippen LogP contribution is -2.18. The lowest BCUT2D eigenvalue weighted by Gasteiger charge is -2.14. The number of benzene rings is 2. The van der Waals surface area contributed by atoms with Crippen molar-refractivity contribution in [1.82, 2.24) is 5.48 Å². The van der Waals surface area contributed by atoms with Crippen LogP contribution in [0.1, 0.15) is 24.1 Å². The van der Waals surface area contributed by atoms with Gasteiger partial charge in [-0.1, -0.05) is 59.6 Å². The Balaban J connectivity index is 1.87. The van der Waals surface area contributed by atoms with Gasteiger partial charge in [-0.25, -0.2) is 0 Å². The summed E-state index contributed by atoms with van der Waals surface area (Å²) in [4.78, 5) is 5.48. The topological polar surface area (TPSA) is 21.3 Å². The van der Waals surface area contributed by atoms with E-state index in [2.05, 4.69) is 5.48 Å². The molecular weight excluding hydrogens is 281 g/mol. The highest BCUT2D eigenvalue weighted by Gasteiger charge is 2.07. The predicted molar refractivity (Wildman–Crippen MR) is 79.2 cm³/mol. The summed E-state index contributed by atoms with van der Waals surface area (Å²) in [6.45, 7) is 2.52. The Labute approximate surface area is 123 Å². The fraction of sp³-hybridized carbons (Fsp3) is 0.200. The van der Waals surface area contributed by atoms with Crippen LogP contribution in [-0.4, -0.2) is 0 Å². The van der Waals surface area contributed by atoms with Crippen molar-refractivity contribution < 1.29 is 4.84 Å². The van der Waals surface area contributed by atoms with E-state index in [1.165, 1.54) is 0 Å². The van der Waals surface area contributed by atoms with Gasteiger partial charge in [-0.3, -0.25) is 4.84 Å². The van der Waals surface area contributed by atoms with Gasteiger partial charge in [0.25, 0.3) is 0 Å². The van der Waals surface area contributed by atoms with Crippen LogP contribution in [-0.2, 0) is 11.4 Å². The largest absolute Gasteiger partial charge is 0.296 e. The minimum Gasteiger partial charge on any atom is -0.296 e. The average molecular weight is 296 g/mol. The van der Waals surface area contributed by atoms with Gasteiger partial charge in [0.15, 0.2) is 0 Å². The van der Waals surface area contributed by atoms with Crippen LogP contribution in [0.4, 0.5) is 0 Å². The zero-order valence-electron chi connectivity index (χ0n) is 10.6. The zero-order valence-corrected chi connectivity index (χ0v) is 12.1. The molecule has 2 nitrogen and oxygen atoms in total. The molecule has 0 amide bonds. The maximum absolute atomic E-state index is 5.99. The van der Waals surface area contributed by atoms with Gasteiger partial charge in [-0.15, -0.1) is 0 Å². The van der Waals surface area contributed by atoms with Gasteiger partial charge in [-0.05, 0) is 30.2 Å². The first kappa shape index (κ1) is 14.4. The molecule has 0 aromatic heterocycles. The van der Waals surface area contributed by atoms with Crippen molar-refractivity contribution in [2.24, 2.45) is 0 Å². The van der Waals surface area contributed by atoms with E-state index in [1.54, 1.807) is 6.07 Å². The van der Waals surface area contributed by atoms with Crippen LogP contribution in [0.2, 0.25) is 10.0 Å². The van der Waals surface area contributed by atoms with Crippen molar-refractivity contribution in [3.63, 3.8) is 0 Å². The quantitative estimate of drug-likeness (QED) is 0.802. The Hall–Kier alpha value is -1.06. The van der Waals surface area contributed by atoms with Crippen molar-refractivity contribution in [2.75, 3.05) is 0 Å². The summed E-state index contributed by atoms with van der Waals surface area (Å²) in [5.41, 5.74) is 5.14. The van der Waals surface area contributed by atoms with Crippen molar-refractivity contribution in [3.8, 4) is 0 Å². The van der Waals surface area contributed by atoms with Crippen LogP contribution < -0.4 is 5.48 Å². The molecule has 1 unspecified atom stereocenters. The normalized spacial score (nSPS) is 12.4. The van der Waals surface area contributed by atoms with E-state index < -0.39 is 0 Å². The molecule has 2 rings (SSSR count). The Morgan fingerprint density at radius 2 is 1.79 bits per heavy atom. The minimum atomic E-state index is 0.0403. The molecule has 0 saturated heterocycles. The highest BCUT2D eigenvalue weighted by atomic mass is 35.5. The van der Waals surface area contributed by atoms with Gasteiger partial charge in [0.05, 0.1) is 22.7 Å². The van der Waals surface area contributed by atoms with Crippen LogP contribution in [0.5, 0.6) is 0 Å². The second-order valence-corrected chi connectivity index (χ2v) is 5.10. The number of nitrogens with one attached hydrogen (secondary N) is 1. The molecule has 0 radical (unpaired) electrons. The van der Waals surface area contributed by atoms with Gasteiger partial charge in [0, 0.05) is 0 Å². The summed E-state index contributed by atoms with van der Waals surface area (Å²) in [7, 11) is 0. The van der Waals surface area contributed by atoms with Gasteiger partial charge in [-0.2, -0.15) is 5.48 Å². The number of hydrogen-bond acceptors (Lipinski definition) is 2. The molecule has 100 valence electrons. The molecule has 0 spiro atoms. The molecule has 0 bridgehead atoms. The molecule has 0 fully saturated rings. The van der Waals surface area contributed by atoms with Gasteiger partial charge < -0.3 is 0 Å². The Morgan fingerprint density at radius 1 is 1.05 bits per heavy atom. The fourth-order valence-electron chi connectivity index (χ4n) is 1.67. The van der Waals surface area contributed by atoms with Crippen molar-refractivity contribution in [1.29, 1.82) is 0 Å². The van der Waals surface area contributed by atoms with Crippen molar-refractivity contribution in [2.45, 2.75) is 19.6 Å². The average Bonchev–Trinajstić information content (AvgIpc) is 2.43. The van der Waals surface area contributed by atoms with Gasteiger partial charge >= 0.3 is 0 Å². The maximum atomic E-state index is 5.99. The first-order valence-corrected chi connectivity index (χ1v) is 6.78. The number of halogens is 2. The zero-order chi connectivity index (χ0) is 13.7. The van der Waals surface area contributed by atoms with E-state index >= 15 is 0 Å². The second-order valence-electron chi connectivity index (χ2n) is 4.29. The Kier molecular flexibility index (Phi) is 5.23. The number of rotatable bonds is 5. The summed E-state index contributed by atoms with van der Waals surface area (Å²) in [6, 6.07) is 15.6. The van der Waals surface area contributed by atoms with Crippen molar-refractivity contribution >= 4 is 23.2 Å². The molecule has 4 heteroatoms. The fourth-order valence-corrected chi connectivity index (χ4v) is 1.98. The van der Waals surface area contributed by atoms with Crippen LogP contribution in [0.25, 0.3) is 0 Å². The molecule has 0 aliphatic heterocycles. The molecule has 1 N–H and O–H groups in total. The number of hydroxylamine groups is 1. The summed E-state index contributed by atoms with van der Waals surface area (Å²) < 4.78 is 0. The monoisotopic (exact) mass is 295 g/mol. The molecule has 0 aliphatic rings. The molecule has 1 atom stereocenters. The van der Waals surface area contributed by atoms with Crippen LogP contribution in [0.3, 0.4) is 0 Å². The molecule has 2 aromatic carbocycles. The molecule has 2 aromatic rings. The summed E-state index contributed by atoms with van der Waals surface area (Å²) >= 11 is 11.9. The highest BCUT2D eigenvalue weighted by Crippen LogP contribution is 2.25. The standard InChI is InChI=1S/C15H15Cl2NO/c1-11(13-7-8-14(16)15(17)9-13)18-19-10-12-5-3-2-4-6-12/h2-9,11,18H,10H2,1H3. The molecule has 19 heavy (non-hydrogen) atoms. The second kappa shape index (κ2) is 6.92. The van der Waals surface area contributed by atoms with E-state index in [1.807, 2.05) is 49.4 Å². The lowest BCUT2D eigenvalue weighted by atomic mass is 10.1. The van der Waals surface area contributed by atoms with Crippen LogP contribution in [0.15, 0.2) is 48.5 Å². The van der Waals surface area contributed by atoms with Gasteiger partial charge in [0.2, 0.25) is 0 Å². The highest BCUT2D eigenvalue weighted by molar-refractivity contribution is 6.42. The van der Waals surface area contributed by atoms with E-state index in [0.717, 1.165) is 11.1 Å². The maximum Gasteiger partial charge on any atom is 0.0933 e. The van der Waals surface area contributed by atoms with Crippen LogP contribution in [0, 0.1) is 0 Å². The third-order valence-electron chi connectivity index (χ3n) is 2.79. The van der Waals surface area contributed by atoms with E-state index in [9.17, 15) is 0 Å². The first-order valence-electron chi connectivity index (χ1n) is 6.03.